The first-order valence-corrected chi connectivity index (χ1v) is 11.0. The van der Waals surface area contributed by atoms with Crippen LogP contribution in [0.15, 0.2) is 79.1 Å². The zero-order chi connectivity index (χ0) is 22.6. The maximum atomic E-state index is 12.3. The van der Waals surface area contributed by atoms with Crippen molar-refractivity contribution in [2.24, 2.45) is 0 Å². The van der Waals surface area contributed by atoms with Gasteiger partial charge < -0.3 is 15.8 Å². The van der Waals surface area contributed by atoms with Gasteiger partial charge in [-0.2, -0.15) is 0 Å². The minimum atomic E-state index is -0.402. The third-order valence-corrected chi connectivity index (χ3v) is 5.92. The fourth-order valence-corrected chi connectivity index (χ4v) is 4.32. The third-order valence-electron chi connectivity index (χ3n) is 5.92. The molecule has 0 atom stereocenters. The lowest BCUT2D eigenvalue weighted by Crippen LogP contribution is -2.26. The number of ether oxygens (including phenoxy) is 1. The number of anilines is 1. The molecular weight excluding hydrogens is 412 g/mol. The number of hydrogen-bond acceptors (Lipinski definition) is 5. The van der Waals surface area contributed by atoms with Crippen LogP contribution in [0.4, 0.5) is 10.6 Å². The summed E-state index contributed by atoms with van der Waals surface area (Å²) in [6.45, 7) is 0.808. The van der Waals surface area contributed by atoms with Gasteiger partial charge >= 0.3 is 6.09 Å². The van der Waals surface area contributed by atoms with Gasteiger partial charge in [0.2, 0.25) is 0 Å². The quantitative estimate of drug-likeness (QED) is 0.408. The highest BCUT2D eigenvalue weighted by molar-refractivity contribution is 5.89. The van der Waals surface area contributed by atoms with Crippen molar-refractivity contribution in [1.82, 2.24) is 15.3 Å². The Labute approximate surface area is 192 Å². The molecule has 0 saturated carbocycles. The van der Waals surface area contributed by atoms with Crippen molar-refractivity contribution in [2.75, 3.05) is 18.9 Å². The van der Waals surface area contributed by atoms with E-state index < -0.39 is 6.09 Å². The summed E-state index contributed by atoms with van der Waals surface area (Å²) in [5.74, 6) is 0.527. The highest BCUT2D eigenvalue weighted by Gasteiger charge is 2.28. The molecular formula is C27H24N4O2. The fraction of sp³-hybridized carbons (Fsp3) is 0.148. The molecule has 0 bridgehead atoms. The standard InChI is InChI=1S/C27H24N4O2/c28-26-23-15-18(12-13-25(23)30-17-31-26)7-5-6-14-29-27(32)33-16-24-21-10-3-1-8-19(21)20-9-2-4-11-22(20)24/h1-5,7-13,15,17,24H,6,14,16H2,(H,29,32)(H2,28,30,31). The molecule has 0 aliphatic heterocycles. The number of nitrogens with zero attached hydrogens (tertiary/aromatic N) is 2. The Bertz CT molecular complexity index is 1300. The minimum absolute atomic E-state index is 0.0624. The van der Waals surface area contributed by atoms with Gasteiger partial charge in [0.25, 0.3) is 0 Å². The largest absolute Gasteiger partial charge is 0.449 e. The Morgan fingerprint density at radius 2 is 1.73 bits per heavy atom. The van der Waals surface area contributed by atoms with E-state index in [2.05, 4.69) is 39.6 Å². The van der Waals surface area contributed by atoms with Gasteiger partial charge in [-0.05, 0) is 46.4 Å². The number of aromatic nitrogens is 2. The molecule has 1 amide bonds. The molecule has 5 rings (SSSR count). The molecule has 3 aromatic carbocycles. The van der Waals surface area contributed by atoms with Crippen LogP contribution in [0.1, 0.15) is 29.0 Å². The predicted octanol–water partition coefficient (Wildman–Crippen LogP) is 5.15. The number of nitrogen functional groups attached to an aromatic ring is 1. The average molecular weight is 437 g/mol. The van der Waals surface area contributed by atoms with E-state index in [-0.39, 0.29) is 5.92 Å². The molecule has 3 N–H and O–H groups in total. The first-order valence-electron chi connectivity index (χ1n) is 11.0. The predicted molar refractivity (Wildman–Crippen MR) is 131 cm³/mol. The topological polar surface area (TPSA) is 90.1 Å². The number of amides is 1. The smallest absolute Gasteiger partial charge is 0.407 e. The van der Waals surface area contributed by atoms with Crippen LogP contribution in [0.5, 0.6) is 0 Å². The fourth-order valence-electron chi connectivity index (χ4n) is 4.32. The van der Waals surface area contributed by atoms with Crippen molar-refractivity contribution >= 4 is 28.9 Å². The van der Waals surface area contributed by atoms with Crippen LogP contribution in [0.3, 0.4) is 0 Å². The number of nitrogens with one attached hydrogen (secondary N) is 1. The number of nitrogens with two attached hydrogens (primary N) is 1. The summed E-state index contributed by atoms with van der Waals surface area (Å²) in [5.41, 5.74) is 12.6. The van der Waals surface area contributed by atoms with Gasteiger partial charge in [0.1, 0.15) is 18.8 Å². The Morgan fingerprint density at radius 3 is 2.48 bits per heavy atom. The SMILES string of the molecule is Nc1ncnc2ccc(C=CCCNC(=O)OCC3c4ccccc4-c4ccccc43)cc12. The summed E-state index contributed by atoms with van der Waals surface area (Å²) in [5, 5.41) is 3.66. The van der Waals surface area contributed by atoms with Gasteiger partial charge in [-0.3, -0.25) is 0 Å². The summed E-state index contributed by atoms with van der Waals surface area (Å²) < 4.78 is 5.56. The van der Waals surface area contributed by atoms with Crippen molar-refractivity contribution in [3.05, 3.63) is 95.8 Å². The first kappa shape index (κ1) is 20.7. The molecule has 0 saturated heterocycles. The summed E-state index contributed by atoms with van der Waals surface area (Å²) in [7, 11) is 0. The first-order chi connectivity index (χ1) is 16.2. The molecule has 4 aromatic rings. The molecule has 1 aliphatic rings. The summed E-state index contributed by atoms with van der Waals surface area (Å²) >= 11 is 0. The van der Waals surface area contributed by atoms with Crippen molar-refractivity contribution in [3.8, 4) is 11.1 Å². The highest BCUT2D eigenvalue weighted by Crippen LogP contribution is 2.44. The lowest BCUT2D eigenvalue weighted by molar-refractivity contribution is 0.143. The summed E-state index contributed by atoms with van der Waals surface area (Å²) in [6, 6.07) is 22.5. The van der Waals surface area contributed by atoms with E-state index in [0.29, 0.717) is 25.4 Å². The van der Waals surface area contributed by atoms with E-state index in [0.717, 1.165) is 16.5 Å². The van der Waals surface area contributed by atoms with Crippen LogP contribution in [0, 0.1) is 0 Å². The van der Waals surface area contributed by atoms with Crippen LogP contribution in [-0.4, -0.2) is 29.2 Å². The Balaban J connectivity index is 1.13. The van der Waals surface area contributed by atoms with Gasteiger partial charge in [0.05, 0.1) is 5.52 Å². The third kappa shape index (κ3) is 4.28. The van der Waals surface area contributed by atoms with Crippen molar-refractivity contribution in [3.63, 3.8) is 0 Å². The number of carbonyl (C=O) groups is 1. The second kappa shape index (κ2) is 9.12. The molecule has 6 heteroatoms. The monoisotopic (exact) mass is 436 g/mol. The maximum Gasteiger partial charge on any atom is 0.407 e. The second-order valence-electron chi connectivity index (χ2n) is 7.98. The van der Waals surface area contributed by atoms with Crippen LogP contribution >= 0.6 is 0 Å². The highest BCUT2D eigenvalue weighted by atomic mass is 16.5. The number of fused-ring (bicyclic) bond motifs is 4. The summed E-state index contributed by atoms with van der Waals surface area (Å²) in [4.78, 5) is 20.5. The number of alkyl carbamates (subject to hydrolysis) is 1. The molecule has 0 unspecified atom stereocenters. The molecule has 0 spiro atoms. The Hall–Kier alpha value is -4.19. The normalized spacial score (nSPS) is 12.6. The van der Waals surface area contributed by atoms with E-state index in [1.807, 2.05) is 54.6 Å². The average Bonchev–Trinajstić information content (AvgIpc) is 3.17. The van der Waals surface area contributed by atoms with Crippen molar-refractivity contribution in [2.45, 2.75) is 12.3 Å². The van der Waals surface area contributed by atoms with E-state index in [1.54, 1.807) is 0 Å². The number of carbonyl (C=O) groups excluding carboxylic acids is 1. The van der Waals surface area contributed by atoms with Gasteiger partial charge in [-0.25, -0.2) is 14.8 Å². The van der Waals surface area contributed by atoms with Crippen molar-refractivity contribution in [1.29, 1.82) is 0 Å². The molecule has 6 nitrogen and oxygen atoms in total. The van der Waals surface area contributed by atoms with E-state index >= 15 is 0 Å². The molecule has 1 aromatic heterocycles. The molecule has 33 heavy (non-hydrogen) atoms. The van der Waals surface area contributed by atoms with E-state index in [9.17, 15) is 4.79 Å². The van der Waals surface area contributed by atoms with Crippen LogP contribution in [-0.2, 0) is 4.74 Å². The van der Waals surface area contributed by atoms with Crippen LogP contribution in [0.2, 0.25) is 0 Å². The molecule has 1 heterocycles. The number of rotatable bonds is 6. The maximum absolute atomic E-state index is 12.3. The zero-order valence-corrected chi connectivity index (χ0v) is 18.1. The molecule has 1 aliphatic carbocycles. The molecule has 164 valence electrons. The minimum Gasteiger partial charge on any atom is -0.449 e. The second-order valence-corrected chi connectivity index (χ2v) is 7.98. The number of hydrogen-bond donors (Lipinski definition) is 2. The van der Waals surface area contributed by atoms with Gasteiger partial charge in [-0.15, -0.1) is 0 Å². The van der Waals surface area contributed by atoms with E-state index in [1.165, 1.54) is 28.6 Å². The van der Waals surface area contributed by atoms with Gasteiger partial charge in [0.15, 0.2) is 0 Å². The van der Waals surface area contributed by atoms with Crippen molar-refractivity contribution < 1.29 is 9.53 Å². The van der Waals surface area contributed by atoms with Gasteiger partial charge in [0, 0.05) is 17.8 Å². The number of benzene rings is 3. The lowest BCUT2D eigenvalue weighted by atomic mass is 9.98. The molecule has 0 radical (unpaired) electrons. The van der Waals surface area contributed by atoms with Gasteiger partial charge in [-0.1, -0.05) is 66.7 Å². The zero-order valence-electron chi connectivity index (χ0n) is 18.1. The van der Waals surface area contributed by atoms with Crippen LogP contribution < -0.4 is 11.1 Å². The summed E-state index contributed by atoms with van der Waals surface area (Å²) in [6.07, 6.45) is 5.74. The molecule has 0 fully saturated rings. The van der Waals surface area contributed by atoms with Crippen LogP contribution in [0.25, 0.3) is 28.1 Å². The Kier molecular flexibility index (Phi) is 5.72. The lowest BCUT2D eigenvalue weighted by Gasteiger charge is -2.14. The van der Waals surface area contributed by atoms with E-state index in [4.69, 9.17) is 10.5 Å². The Morgan fingerprint density at radius 1 is 1.00 bits per heavy atom.